The molecule has 0 saturated heterocycles. The summed E-state index contributed by atoms with van der Waals surface area (Å²) >= 11 is 0. The molecular formula is C17H17N3O4. The first kappa shape index (κ1) is 15.8. The lowest BCUT2D eigenvalue weighted by molar-refractivity contribution is -0.116. The lowest BCUT2D eigenvalue weighted by atomic mass is 10.2. The molecule has 0 aliphatic carbocycles. The van der Waals surface area contributed by atoms with E-state index in [4.69, 9.17) is 9.15 Å². The number of benzene rings is 1. The van der Waals surface area contributed by atoms with Gasteiger partial charge in [-0.3, -0.25) is 14.9 Å². The number of rotatable bonds is 5. The second-order valence-corrected chi connectivity index (χ2v) is 5.15. The standard InChI is InChI=1S/C17H17N3O4/c1-23-14-7-6-11(19-16(21)12-4-2-8-18-12)10-13(14)20-17(22)15-5-3-9-24-15/h2-7,9-10,12,18H,8H2,1H3,(H,19,21)(H,20,22)/t12-/m0/s1. The van der Waals surface area contributed by atoms with Crippen molar-refractivity contribution < 1.29 is 18.7 Å². The number of carbonyl (C=O) groups is 2. The Morgan fingerprint density at radius 3 is 2.83 bits per heavy atom. The van der Waals surface area contributed by atoms with E-state index in [9.17, 15) is 9.59 Å². The van der Waals surface area contributed by atoms with Gasteiger partial charge < -0.3 is 19.8 Å². The molecule has 3 rings (SSSR count). The fraction of sp³-hybridized carbons (Fsp3) is 0.176. The lowest BCUT2D eigenvalue weighted by Crippen LogP contribution is -2.35. The first-order valence-corrected chi connectivity index (χ1v) is 7.41. The number of anilines is 2. The highest BCUT2D eigenvalue weighted by Gasteiger charge is 2.18. The predicted molar refractivity (Wildman–Crippen MR) is 89.2 cm³/mol. The van der Waals surface area contributed by atoms with Crippen LogP contribution in [0, 0.1) is 0 Å². The average Bonchev–Trinajstić information content (AvgIpc) is 3.28. The molecule has 1 aromatic heterocycles. The molecule has 3 N–H and O–H groups in total. The molecule has 1 aliphatic rings. The predicted octanol–water partition coefficient (Wildman–Crippen LogP) is 2.01. The van der Waals surface area contributed by atoms with Crippen molar-refractivity contribution >= 4 is 23.2 Å². The van der Waals surface area contributed by atoms with E-state index in [1.165, 1.54) is 13.4 Å². The maximum absolute atomic E-state index is 12.1. The van der Waals surface area contributed by atoms with Crippen LogP contribution in [0.1, 0.15) is 10.6 Å². The number of ether oxygens (including phenoxy) is 1. The Morgan fingerprint density at radius 1 is 1.29 bits per heavy atom. The number of hydrogen-bond acceptors (Lipinski definition) is 5. The Labute approximate surface area is 138 Å². The topological polar surface area (TPSA) is 92.6 Å². The molecule has 7 nitrogen and oxygen atoms in total. The summed E-state index contributed by atoms with van der Waals surface area (Å²) in [5.74, 6) is 0.0953. The van der Waals surface area contributed by atoms with Gasteiger partial charge in [-0.15, -0.1) is 0 Å². The molecule has 0 unspecified atom stereocenters. The molecule has 2 aromatic rings. The minimum Gasteiger partial charge on any atom is -0.495 e. The smallest absolute Gasteiger partial charge is 0.291 e. The van der Waals surface area contributed by atoms with Crippen molar-refractivity contribution in [2.24, 2.45) is 0 Å². The molecule has 0 radical (unpaired) electrons. The molecule has 0 fully saturated rings. The fourth-order valence-corrected chi connectivity index (χ4v) is 2.34. The van der Waals surface area contributed by atoms with E-state index in [-0.39, 0.29) is 17.7 Å². The summed E-state index contributed by atoms with van der Waals surface area (Å²) in [7, 11) is 1.50. The third-order valence-corrected chi connectivity index (χ3v) is 3.53. The normalized spacial score (nSPS) is 16.0. The van der Waals surface area contributed by atoms with Crippen LogP contribution in [0.3, 0.4) is 0 Å². The second kappa shape index (κ2) is 7.01. The Balaban J connectivity index is 1.76. The van der Waals surface area contributed by atoms with E-state index in [2.05, 4.69) is 16.0 Å². The first-order chi connectivity index (χ1) is 11.7. The van der Waals surface area contributed by atoms with Crippen LogP contribution in [0.25, 0.3) is 0 Å². The van der Waals surface area contributed by atoms with Crippen molar-refractivity contribution in [2.75, 3.05) is 24.3 Å². The van der Waals surface area contributed by atoms with E-state index in [0.29, 0.717) is 23.7 Å². The molecule has 0 spiro atoms. The van der Waals surface area contributed by atoms with Gasteiger partial charge in [-0.05, 0) is 30.3 Å². The molecule has 2 amide bonds. The summed E-state index contributed by atoms with van der Waals surface area (Å²) in [6.45, 7) is 0.672. The number of furan rings is 1. The quantitative estimate of drug-likeness (QED) is 0.731. The SMILES string of the molecule is COc1ccc(NC(=O)[C@@H]2C=CCN2)cc1NC(=O)c1ccco1. The van der Waals surface area contributed by atoms with Gasteiger partial charge in [0.05, 0.1) is 19.1 Å². The monoisotopic (exact) mass is 327 g/mol. The minimum atomic E-state index is -0.401. The highest BCUT2D eigenvalue weighted by molar-refractivity contribution is 6.04. The van der Waals surface area contributed by atoms with E-state index < -0.39 is 5.91 Å². The molecule has 24 heavy (non-hydrogen) atoms. The van der Waals surface area contributed by atoms with Gasteiger partial charge in [0.2, 0.25) is 5.91 Å². The molecule has 1 aromatic carbocycles. The van der Waals surface area contributed by atoms with Crippen LogP contribution in [-0.4, -0.2) is 31.5 Å². The molecule has 2 heterocycles. The summed E-state index contributed by atoms with van der Waals surface area (Å²) < 4.78 is 10.3. The lowest BCUT2D eigenvalue weighted by Gasteiger charge is -2.14. The fourth-order valence-electron chi connectivity index (χ4n) is 2.34. The minimum absolute atomic E-state index is 0.169. The van der Waals surface area contributed by atoms with E-state index in [1.54, 1.807) is 36.4 Å². The van der Waals surface area contributed by atoms with Gasteiger partial charge in [-0.1, -0.05) is 12.2 Å². The van der Waals surface area contributed by atoms with Crippen LogP contribution in [0.4, 0.5) is 11.4 Å². The zero-order valence-corrected chi connectivity index (χ0v) is 13.0. The highest BCUT2D eigenvalue weighted by atomic mass is 16.5. The summed E-state index contributed by atoms with van der Waals surface area (Å²) in [6, 6.07) is 7.85. The Kier molecular flexibility index (Phi) is 4.62. The first-order valence-electron chi connectivity index (χ1n) is 7.41. The third-order valence-electron chi connectivity index (χ3n) is 3.53. The molecule has 124 valence electrons. The maximum Gasteiger partial charge on any atom is 0.291 e. The number of methoxy groups -OCH3 is 1. The van der Waals surface area contributed by atoms with E-state index in [1.807, 2.05) is 6.08 Å². The highest BCUT2D eigenvalue weighted by Crippen LogP contribution is 2.28. The Morgan fingerprint density at radius 2 is 2.17 bits per heavy atom. The molecule has 0 bridgehead atoms. The van der Waals surface area contributed by atoms with Crippen LogP contribution in [0.5, 0.6) is 5.75 Å². The van der Waals surface area contributed by atoms with Crippen molar-refractivity contribution in [1.29, 1.82) is 0 Å². The average molecular weight is 327 g/mol. The van der Waals surface area contributed by atoms with Crippen molar-refractivity contribution in [3.05, 3.63) is 54.5 Å². The zero-order valence-electron chi connectivity index (χ0n) is 13.0. The third kappa shape index (κ3) is 3.47. The summed E-state index contributed by atoms with van der Waals surface area (Å²) in [5, 5.41) is 8.54. The number of nitrogens with one attached hydrogen (secondary N) is 3. The van der Waals surface area contributed by atoms with Crippen LogP contribution in [0.15, 0.2) is 53.2 Å². The van der Waals surface area contributed by atoms with Gasteiger partial charge in [0, 0.05) is 12.2 Å². The van der Waals surface area contributed by atoms with Crippen molar-refractivity contribution in [3.8, 4) is 5.75 Å². The molecule has 1 aliphatic heterocycles. The van der Waals surface area contributed by atoms with Crippen molar-refractivity contribution in [1.82, 2.24) is 5.32 Å². The van der Waals surface area contributed by atoms with Crippen LogP contribution in [-0.2, 0) is 4.79 Å². The summed E-state index contributed by atoms with van der Waals surface area (Å²) in [4.78, 5) is 24.3. The van der Waals surface area contributed by atoms with Crippen molar-refractivity contribution in [2.45, 2.75) is 6.04 Å². The van der Waals surface area contributed by atoms with Gasteiger partial charge in [0.25, 0.3) is 5.91 Å². The Bertz CT molecular complexity index is 768. The molecule has 7 heteroatoms. The largest absolute Gasteiger partial charge is 0.495 e. The summed E-state index contributed by atoms with van der Waals surface area (Å²) in [6.07, 6.45) is 5.12. The molecular weight excluding hydrogens is 310 g/mol. The van der Waals surface area contributed by atoms with Gasteiger partial charge in [-0.25, -0.2) is 0 Å². The number of hydrogen-bond donors (Lipinski definition) is 3. The van der Waals surface area contributed by atoms with Crippen LogP contribution >= 0.6 is 0 Å². The van der Waals surface area contributed by atoms with Crippen LogP contribution in [0.2, 0.25) is 0 Å². The van der Waals surface area contributed by atoms with Gasteiger partial charge in [0.1, 0.15) is 11.8 Å². The maximum atomic E-state index is 12.1. The number of amides is 2. The van der Waals surface area contributed by atoms with Gasteiger partial charge in [0.15, 0.2) is 5.76 Å². The van der Waals surface area contributed by atoms with Crippen molar-refractivity contribution in [3.63, 3.8) is 0 Å². The second-order valence-electron chi connectivity index (χ2n) is 5.15. The molecule has 0 saturated carbocycles. The Hall–Kier alpha value is -3.06. The molecule has 1 atom stereocenters. The van der Waals surface area contributed by atoms with E-state index >= 15 is 0 Å². The van der Waals surface area contributed by atoms with Gasteiger partial charge >= 0.3 is 0 Å². The van der Waals surface area contributed by atoms with Crippen LogP contribution < -0.4 is 20.7 Å². The van der Waals surface area contributed by atoms with E-state index in [0.717, 1.165) is 0 Å². The summed E-state index contributed by atoms with van der Waals surface area (Å²) in [5.41, 5.74) is 0.990. The zero-order chi connectivity index (χ0) is 16.9. The number of carbonyl (C=O) groups excluding carboxylic acids is 2. The van der Waals surface area contributed by atoms with Gasteiger partial charge in [-0.2, -0.15) is 0 Å².